The highest BCUT2D eigenvalue weighted by atomic mass is 32.1. The van der Waals surface area contributed by atoms with Crippen LogP contribution in [0.15, 0.2) is 60.0 Å². The molecule has 0 aliphatic carbocycles. The number of amides is 1. The molecule has 0 aliphatic heterocycles. The third-order valence-electron chi connectivity index (χ3n) is 3.93. The SMILES string of the molecule is C[C@@H](OC(=O)c1csc(NCc2ccccc2)n1)C(=O)Nc1ccc(C#N)cc1. The first-order valence-electron chi connectivity index (χ1n) is 8.80. The van der Waals surface area contributed by atoms with Crippen molar-refractivity contribution in [3.05, 3.63) is 76.8 Å². The zero-order valence-electron chi connectivity index (χ0n) is 15.6. The molecule has 1 aromatic heterocycles. The molecular weight excluding hydrogens is 388 g/mol. The number of nitrogens with one attached hydrogen (secondary N) is 2. The summed E-state index contributed by atoms with van der Waals surface area (Å²) in [5, 5.41) is 16.8. The highest BCUT2D eigenvalue weighted by Gasteiger charge is 2.21. The van der Waals surface area contributed by atoms with Crippen LogP contribution in [0.5, 0.6) is 0 Å². The third kappa shape index (κ3) is 5.64. The molecule has 0 spiro atoms. The van der Waals surface area contributed by atoms with Crippen LogP contribution in [-0.4, -0.2) is 23.0 Å². The van der Waals surface area contributed by atoms with Crippen molar-refractivity contribution in [3.8, 4) is 6.07 Å². The molecule has 0 saturated carbocycles. The second-order valence-electron chi connectivity index (χ2n) is 6.10. The average molecular weight is 406 g/mol. The minimum Gasteiger partial charge on any atom is -0.448 e. The van der Waals surface area contributed by atoms with E-state index in [1.165, 1.54) is 18.3 Å². The van der Waals surface area contributed by atoms with Gasteiger partial charge in [0.15, 0.2) is 16.9 Å². The molecule has 1 heterocycles. The van der Waals surface area contributed by atoms with Crippen molar-refractivity contribution in [1.29, 1.82) is 5.26 Å². The van der Waals surface area contributed by atoms with E-state index in [2.05, 4.69) is 15.6 Å². The fourth-order valence-electron chi connectivity index (χ4n) is 2.37. The Kier molecular flexibility index (Phi) is 6.55. The van der Waals surface area contributed by atoms with Crippen molar-refractivity contribution in [1.82, 2.24) is 4.98 Å². The highest BCUT2D eigenvalue weighted by Crippen LogP contribution is 2.18. The van der Waals surface area contributed by atoms with Crippen LogP contribution in [0.3, 0.4) is 0 Å². The largest absolute Gasteiger partial charge is 0.448 e. The number of nitrogens with zero attached hydrogens (tertiary/aromatic N) is 2. The fraction of sp³-hybridized carbons (Fsp3) is 0.143. The Morgan fingerprint density at radius 2 is 1.90 bits per heavy atom. The maximum atomic E-state index is 12.3. The predicted octanol–water partition coefficient (Wildman–Crippen LogP) is 3.81. The monoisotopic (exact) mass is 406 g/mol. The number of hydrogen-bond acceptors (Lipinski definition) is 7. The number of ether oxygens (including phenoxy) is 1. The minimum atomic E-state index is -0.999. The molecule has 3 aromatic rings. The number of rotatable bonds is 7. The lowest BCUT2D eigenvalue weighted by atomic mass is 10.2. The summed E-state index contributed by atoms with van der Waals surface area (Å²) in [5.74, 6) is -1.14. The Morgan fingerprint density at radius 1 is 1.17 bits per heavy atom. The van der Waals surface area contributed by atoms with Crippen LogP contribution in [-0.2, 0) is 16.1 Å². The Balaban J connectivity index is 1.51. The number of esters is 1. The number of anilines is 2. The number of benzene rings is 2. The highest BCUT2D eigenvalue weighted by molar-refractivity contribution is 7.13. The molecule has 3 rings (SSSR count). The minimum absolute atomic E-state index is 0.142. The van der Waals surface area contributed by atoms with Crippen molar-refractivity contribution in [3.63, 3.8) is 0 Å². The van der Waals surface area contributed by atoms with Gasteiger partial charge in [0.25, 0.3) is 5.91 Å². The summed E-state index contributed by atoms with van der Waals surface area (Å²) in [7, 11) is 0. The van der Waals surface area contributed by atoms with Gasteiger partial charge in [-0.2, -0.15) is 5.26 Å². The summed E-state index contributed by atoms with van der Waals surface area (Å²) in [6, 6.07) is 18.2. The Hall–Kier alpha value is -3.70. The van der Waals surface area contributed by atoms with Gasteiger partial charge in [-0.05, 0) is 36.8 Å². The number of nitriles is 1. The molecule has 2 aromatic carbocycles. The molecule has 2 N–H and O–H groups in total. The quantitative estimate of drug-likeness (QED) is 0.578. The number of carbonyl (C=O) groups is 2. The van der Waals surface area contributed by atoms with Gasteiger partial charge in [-0.25, -0.2) is 9.78 Å². The molecule has 146 valence electrons. The first-order valence-corrected chi connectivity index (χ1v) is 9.68. The summed E-state index contributed by atoms with van der Waals surface area (Å²) in [6.07, 6.45) is -0.999. The fourth-order valence-corrected chi connectivity index (χ4v) is 3.05. The second-order valence-corrected chi connectivity index (χ2v) is 6.96. The van der Waals surface area contributed by atoms with Crippen molar-refractivity contribution < 1.29 is 14.3 Å². The van der Waals surface area contributed by atoms with Crippen molar-refractivity contribution in [2.45, 2.75) is 19.6 Å². The van der Waals surface area contributed by atoms with Gasteiger partial charge in [0.2, 0.25) is 0 Å². The zero-order chi connectivity index (χ0) is 20.6. The number of thiazole rings is 1. The lowest BCUT2D eigenvalue weighted by Crippen LogP contribution is -2.30. The molecule has 0 bridgehead atoms. The summed E-state index contributed by atoms with van der Waals surface area (Å²) in [6.45, 7) is 2.07. The summed E-state index contributed by atoms with van der Waals surface area (Å²) < 4.78 is 5.20. The van der Waals surface area contributed by atoms with Crippen molar-refractivity contribution in [2.75, 3.05) is 10.6 Å². The van der Waals surface area contributed by atoms with E-state index in [9.17, 15) is 9.59 Å². The molecule has 0 unspecified atom stereocenters. The van der Waals surface area contributed by atoms with Crippen LogP contribution in [0.1, 0.15) is 28.5 Å². The molecule has 0 fully saturated rings. The number of carbonyl (C=O) groups excluding carboxylic acids is 2. The van der Waals surface area contributed by atoms with Crippen molar-refractivity contribution >= 4 is 34.0 Å². The Labute approximate surface area is 172 Å². The van der Waals surface area contributed by atoms with Gasteiger partial charge in [0.1, 0.15) is 0 Å². The van der Waals surface area contributed by atoms with Gasteiger partial charge >= 0.3 is 5.97 Å². The summed E-state index contributed by atoms with van der Waals surface area (Å²) in [4.78, 5) is 28.7. The third-order valence-corrected chi connectivity index (χ3v) is 4.73. The van der Waals surface area contributed by atoms with Crippen LogP contribution < -0.4 is 10.6 Å². The lowest BCUT2D eigenvalue weighted by Gasteiger charge is -2.12. The Bertz CT molecular complexity index is 1030. The van der Waals surface area contributed by atoms with Gasteiger partial charge in [-0.3, -0.25) is 4.79 Å². The van der Waals surface area contributed by atoms with Crippen molar-refractivity contribution in [2.24, 2.45) is 0 Å². The van der Waals surface area contributed by atoms with Gasteiger partial charge in [0, 0.05) is 17.6 Å². The van der Waals surface area contributed by atoms with E-state index >= 15 is 0 Å². The standard InChI is InChI=1S/C21H18N4O3S/c1-14(19(26)24-17-9-7-15(11-22)8-10-17)28-20(27)18-13-29-21(25-18)23-12-16-5-3-2-4-6-16/h2-10,13-14H,12H2,1H3,(H,23,25)(H,24,26)/t14-/m1/s1. The zero-order valence-corrected chi connectivity index (χ0v) is 16.4. The summed E-state index contributed by atoms with van der Waals surface area (Å²) >= 11 is 1.29. The molecule has 8 heteroatoms. The smallest absolute Gasteiger partial charge is 0.358 e. The van der Waals surface area contributed by atoms with E-state index in [1.54, 1.807) is 29.6 Å². The van der Waals surface area contributed by atoms with E-state index in [-0.39, 0.29) is 5.69 Å². The van der Waals surface area contributed by atoms with Gasteiger partial charge in [-0.15, -0.1) is 11.3 Å². The van der Waals surface area contributed by atoms with E-state index in [4.69, 9.17) is 10.00 Å². The molecular formula is C21H18N4O3S. The molecule has 0 saturated heterocycles. The van der Waals surface area contributed by atoms with E-state index in [1.807, 2.05) is 36.4 Å². The number of hydrogen-bond donors (Lipinski definition) is 2. The number of aromatic nitrogens is 1. The van der Waals surface area contributed by atoms with Crippen LogP contribution in [0.25, 0.3) is 0 Å². The topological polar surface area (TPSA) is 104 Å². The maximum Gasteiger partial charge on any atom is 0.358 e. The average Bonchev–Trinajstić information content (AvgIpc) is 3.23. The molecule has 1 atom stereocenters. The van der Waals surface area contributed by atoms with E-state index in [0.717, 1.165) is 5.56 Å². The molecule has 29 heavy (non-hydrogen) atoms. The molecule has 0 radical (unpaired) electrons. The van der Waals surface area contributed by atoms with Crippen LogP contribution in [0.4, 0.5) is 10.8 Å². The maximum absolute atomic E-state index is 12.3. The van der Waals surface area contributed by atoms with E-state index in [0.29, 0.717) is 22.9 Å². The summed E-state index contributed by atoms with van der Waals surface area (Å²) in [5.41, 5.74) is 2.24. The normalized spacial score (nSPS) is 11.2. The van der Waals surface area contributed by atoms with Gasteiger partial charge in [0.05, 0.1) is 11.6 Å². The molecule has 0 aliphatic rings. The predicted molar refractivity (Wildman–Crippen MR) is 111 cm³/mol. The van der Waals surface area contributed by atoms with Gasteiger partial charge < -0.3 is 15.4 Å². The molecule has 1 amide bonds. The first-order chi connectivity index (χ1) is 14.0. The molecule has 7 nitrogen and oxygen atoms in total. The van der Waals surface area contributed by atoms with E-state index < -0.39 is 18.0 Å². The van der Waals surface area contributed by atoms with Crippen LogP contribution in [0.2, 0.25) is 0 Å². The second kappa shape index (κ2) is 9.48. The Morgan fingerprint density at radius 3 is 2.59 bits per heavy atom. The van der Waals surface area contributed by atoms with Gasteiger partial charge in [-0.1, -0.05) is 30.3 Å². The first kappa shape index (κ1) is 20.0. The lowest BCUT2D eigenvalue weighted by molar-refractivity contribution is -0.123. The van der Waals surface area contributed by atoms with Crippen LogP contribution >= 0.6 is 11.3 Å². The van der Waals surface area contributed by atoms with Crippen LogP contribution in [0, 0.1) is 11.3 Å².